The predicted octanol–water partition coefficient (Wildman–Crippen LogP) is 4.81. The molecule has 0 heterocycles. The van der Waals surface area contributed by atoms with E-state index in [-0.39, 0.29) is 5.91 Å². The second-order valence-corrected chi connectivity index (χ2v) is 6.83. The number of benzene rings is 2. The zero-order valence-corrected chi connectivity index (χ0v) is 14.5. The summed E-state index contributed by atoms with van der Waals surface area (Å²) in [4.78, 5) is 11.7. The van der Waals surface area contributed by atoms with Crippen molar-refractivity contribution in [2.24, 2.45) is 0 Å². The zero-order chi connectivity index (χ0) is 16.8. The molecular weight excluding hydrogens is 294 g/mol. The molecule has 0 radical (unpaired) electrons. The molecule has 2 unspecified atom stereocenters. The van der Waals surface area contributed by atoms with Crippen molar-refractivity contribution in [3.63, 3.8) is 0 Å². The highest BCUT2D eigenvalue weighted by molar-refractivity contribution is 5.75. The Morgan fingerprint density at radius 3 is 2.62 bits per heavy atom. The van der Waals surface area contributed by atoms with Gasteiger partial charge >= 0.3 is 0 Å². The molecule has 0 saturated carbocycles. The van der Waals surface area contributed by atoms with Crippen LogP contribution in [0.5, 0.6) is 0 Å². The molecule has 1 aliphatic carbocycles. The molecule has 0 saturated heterocycles. The van der Waals surface area contributed by atoms with Gasteiger partial charge in [-0.15, -0.1) is 0 Å². The van der Waals surface area contributed by atoms with Crippen molar-refractivity contribution in [3.8, 4) is 0 Å². The molecule has 24 heavy (non-hydrogen) atoms. The van der Waals surface area contributed by atoms with Crippen LogP contribution in [0.3, 0.4) is 0 Å². The maximum atomic E-state index is 11.7. The quantitative estimate of drug-likeness (QED) is 0.813. The zero-order valence-electron chi connectivity index (χ0n) is 14.5. The van der Waals surface area contributed by atoms with Gasteiger partial charge in [-0.25, -0.2) is 0 Å². The molecule has 0 spiro atoms. The van der Waals surface area contributed by atoms with E-state index in [0.717, 1.165) is 25.8 Å². The smallest absolute Gasteiger partial charge is 0.219 e. The Morgan fingerprint density at radius 2 is 1.83 bits per heavy atom. The molecule has 2 nitrogen and oxygen atoms in total. The number of hydrogen-bond acceptors (Lipinski definition) is 1. The lowest BCUT2D eigenvalue weighted by atomic mass is 9.73. The van der Waals surface area contributed by atoms with Gasteiger partial charge in [-0.3, -0.25) is 4.79 Å². The van der Waals surface area contributed by atoms with Crippen molar-refractivity contribution in [3.05, 3.63) is 71.3 Å². The van der Waals surface area contributed by atoms with Crippen LogP contribution in [0.2, 0.25) is 0 Å². The number of carbonyl (C=O) groups excluding carboxylic acids is 1. The molecule has 126 valence electrons. The Kier molecular flexibility index (Phi) is 5.68. The number of rotatable bonds is 6. The van der Waals surface area contributed by atoms with E-state index in [2.05, 4.69) is 59.9 Å². The minimum Gasteiger partial charge on any atom is -0.356 e. The SMILES string of the molecule is CCCC(=O)NCCC1CC(c2ccccc2)Cc2ccccc21. The average molecular weight is 321 g/mol. The second-order valence-electron chi connectivity index (χ2n) is 6.83. The van der Waals surface area contributed by atoms with E-state index in [1.807, 2.05) is 6.92 Å². The first-order valence-corrected chi connectivity index (χ1v) is 9.17. The third-order valence-corrected chi connectivity index (χ3v) is 5.09. The maximum absolute atomic E-state index is 11.7. The molecule has 1 N–H and O–H groups in total. The summed E-state index contributed by atoms with van der Waals surface area (Å²) in [6, 6.07) is 19.7. The lowest BCUT2D eigenvalue weighted by Crippen LogP contribution is -2.27. The van der Waals surface area contributed by atoms with Crippen LogP contribution in [0.1, 0.15) is 61.1 Å². The highest BCUT2D eigenvalue weighted by atomic mass is 16.1. The molecule has 0 bridgehead atoms. The summed E-state index contributed by atoms with van der Waals surface area (Å²) < 4.78 is 0. The summed E-state index contributed by atoms with van der Waals surface area (Å²) >= 11 is 0. The van der Waals surface area contributed by atoms with Gasteiger partial charge in [-0.05, 0) is 54.2 Å². The van der Waals surface area contributed by atoms with E-state index >= 15 is 0 Å². The number of hydrogen-bond donors (Lipinski definition) is 1. The Bertz CT molecular complexity index is 665. The van der Waals surface area contributed by atoms with E-state index in [1.54, 1.807) is 0 Å². The number of fused-ring (bicyclic) bond motifs is 1. The Hall–Kier alpha value is -2.09. The lowest BCUT2D eigenvalue weighted by Gasteiger charge is -2.32. The summed E-state index contributed by atoms with van der Waals surface area (Å²) in [6.07, 6.45) is 4.86. The van der Waals surface area contributed by atoms with Gasteiger partial charge < -0.3 is 5.32 Å². The van der Waals surface area contributed by atoms with E-state index in [9.17, 15) is 4.79 Å². The lowest BCUT2D eigenvalue weighted by molar-refractivity contribution is -0.121. The van der Waals surface area contributed by atoms with Crippen molar-refractivity contribution >= 4 is 5.91 Å². The largest absolute Gasteiger partial charge is 0.356 e. The summed E-state index contributed by atoms with van der Waals surface area (Å²) in [6.45, 7) is 2.82. The molecule has 2 aromatic rings. The van der Waals surface area contributed by atoms with E-state index in [0.29, 0.717) is 18.3 Å². The van der Waals surface area contributed by atoms with Crippen LogP contribution in [0, 0.1) is 0 Å². The van der Waals surface area contributed by atoms with E-state index in [4.69, 9.17) is 0 Å². The van der Waals surface area contributed by atoms with Gasteiger partial charge in [0.05, 0.1) is 0 Å². The van der Waals surface area contributed by atoms with Crippen LogP contribution in [0.4, 0.5) is 0 Å². The van der Waals surface area contributed by atoms with E-state index < -0.39 is 0 Å². The molecule has 2 heteroatoms. The minimum absolute atomic E-state index is 0.182. The maximum Gasteiger partial charge on any atom is 0.219 e. The predicted molar refractivity (Wildman–Crippen MR) is 99.2 cm³/mol. The van der Waals surface area contributed by atoms with Crippen LogP contribution < -0.4 is 5.32 Å². The molecule has 2 atom stereocenters. The highest BCUT2D eigenvalue weighted by Crippen LogP contribution is 2.41. The summed E-state index contributed by atoms with van der Waals surface area (Å²) in [5.74, 6) is 1.29. The third-order valence-electron chi connectivity index (χ3n) is 5.09. The van der Waals surface area contributed by atoms with Gasteiger partial charge in [0.25, 0.3) is 0 Å². The molecule has 3 rings (SSSR count). The van der Waals surface area contributed by atoms with Crippen molar-refractivity contribution in [2.45, 2.75) is 50.9 Å². The molecule has 0 fully saturated rings. The summed E-state index contributed by atoms with van der Waals surface area (Å²) in [5.41, 5.74) is 4.39. The van der Waals surface area contributed by atoms with Crippen LogP contribution in [0.15, 0.2) is 54.6 Å². The van der Waals surface area contributed by atoms with Gasteiger partial charge in [-0.2, -0.15) is 0 Å². The second kappa shape index (κ2) is 8.14. The molecule has 0 aliphatic heterocycles. The highest BCUT2D eigenvalue weighted by Gasteiger charge is 2.27. The number of amides is 1. The number of nitrogens with one attached hydrogen (secondary N) is 1. The topological polar surface area (TPSA) is 29.1 Å². The van der Waals surface area contributed by atoms with Gasteiger partial charge in [0.2, 0.25) is 5.91 Å². The Balaban J connectivity index is 1.71. The normalized spacial score (nSPS) is 19.5. The van der Waals surface area contributed by atoms with Crippen molar-refractivity contribution in [1.29, 1.82) is 0 Å². The molecule has 2 aromatic carbocycles. The number of carbonyl (C=O) groups is 1. The van der Waals surface area contributed by atoms with Gasteiger partial charge in [0.15, 0.2) is 0 Å². The monoisotopic (exact) mass is 321 g/mol. The van der Waals surface area contributed by atoms with Gasteiger partial charge in [0, 0.05) is 13.0 Å². The fourth-order valence-electron chi connectivity index (χ4n) is 3.89. The molecule has 1 aliphatic rings. The van der Waals surface area contributed by atoms with Crippen LogP contribution in [-0.4, -0.2) is 12.5 Å². The van der Waals surface area contributed by atoms with Crippen molar-refractivity contribution in [1.82, 2.24) is 5.32 Å². The first-order chi connectivity index (χ1) is 11.8. The van der Waals surface area contributed by atoms with Crippen LogP contribution in [0.25, 0.3) is 0 Å². The van der Waals surface area contributed by atoms with Gasteiger partial charge in [0.1, 0.15) is 0 Å². The average Bonchev–Trinajstić information content (AvgIpc) is 2.62. The summed E-state index contributed by atoms with van der Waals surface area (Å²) in [7, 11) is 0. The third kappa shape index (κ3) is 4.05. The van der Waals surface area contributed by atoms with Crippen molar-refractivity contribution < 1.29 is 4.79 Å². The van der Waals surface area contributed by atoms with Crippen LogP contribution >= 0.6 is 0 Å². The summed E-state index contributed by atoms with van der Waals surface area (Å²) in [5, 5.41) is 3.08. The first kappa shape index (κ1) is 16.8. The standard InChI is InChI=1S/C22H27NO/c1-2-8-22(24)23-14-13-19-16-20(17-9-4-3-5-10-17)15-18-11-6-7-12-21(18)19/h3-7,9-12,19-20H,2,8,13-16H2,1H3,(H,23,24). The minimum atomic E-state index is 0.182. The Morgan fingerprint density at radius 1 is 1.08 bits per heavy atom. The molecular formula is C22H27NO. The van der Waals surface area contributed by atoms with E-state index in [1.165, 1.54) is 23.1 Å². The van der Waals surface area contributed by atoms with Crippen LogP contribution in [-0.2, 0) is 11.2 Å². The fraction of sp³-hybridized carbons (Fsp3) is 0.409. The Labute approximate surface area is 145 Å². The van der Waals surface area contributed by atoms with Crippen molar-refractivity contribution in [2.75, 3.05) is 6.54 Å². The molecule has 0 aromatic heterocycles. The molecule has 1 amide bonds. The van der Waals surface area contributed by atoms with Gasteiger partial charge in [-0.1, -0.05) is 61.5 Å². The first-order valence-electron chi connectivity index (χ1n) is 9.17. The fourth-order valence-corrected chi connectivity index (χ4v) is 3.89.